The van der Waals surface area contributed by atoms with Gasteiger partial charge in [0.05, 0.1) is 29.0 Å². The van der Waals surface area contributed by atoms with Crippen LogP contribution < -0.4 is 0 Å². The summed E-state index contributed by atoms with van der Waals surface area (Å²) in [7, 11) is 0. The van der Waals surface area contributed by atoms with Gasteiger partial charge in [0.15, 0.2) is 0 Å². The first-order valence-electron chi connectivity index (χ1n) is 6.48. The van der Waals surface area contributed by atoms with Crippen LogP contribution in [0.3, 0.4) is 0 Å². The number of carbonyl (C=O) groups is 1. The van der Waals surface area contributed by atoms with Crippen molar-refractivity contribution in [2.45, 2.75) is 32.5 Å². The number of ether oxygens (including phenoxy) is 1. The van der Waals surface area contributed by atoms with Gasteiger partial charge in [-0.3, -0.25) is 4.98 Å². The molecule has 2 unspecified atom stereocenters. The van der Waals surface area contributed by atoms with E-state index < -0.39 is 5.97 Å². The van der Waals surface area contributed by atoms with E-state index in [2.05, 4.69) is 20.9 Å². The molecule has 2 atom stereocenters. The predicted octanol–water partition coefficient (Wildman–Crippen LogP) is 3.72. The summed E-state index contributed by atoms with van der Waals surface area (Å²) < 4.78 is 6.65. The van der Waals surface area contributed by atoms with E-state index >= 15 is 0 Å². The van der Waals surface area contributed by atoms with Crippen molar-refractivity contribution in [3.8, 4) is 0 Å². The van der Waals surface area contributed by atoms with Gasteiger partial charge in [-0.1, -0.05) is 22.0 Å². The number of pyridine rings is 1. The highest BCUT2D eigenvalue weighted by atomic mass is 79.9. The van der Waals surface area contributed by atoms with E-state index in [1.54, 1.807) is 6.07 Å². The lowest BCUT2D eigenvalue weighted by Gasteiger charge is -2.29. The first kappa shape index (κ1) is 13.5. The smallest absolute Gasteiger partial charge is 0.336 e. The summed E-state index contributed by atoms with van der Waals surface area (Å²) in [6.45, 7) is 3.86. The van der Waals surface area contributed by atoms with Crippen LogP contribution in [-0.2, 0) is 11.2 Å². The molecule has 0 bridgehead atoms. The van der Waals surface area contributed by atoms with Gasteiger partial charge in [-0.2, -0.15) is 0 Å². The number of aromatic carboxylic acids is 1. The number of benzene rings is 1. The molecule has 1 N–H and O–H groups in total. The first-order chi connectivity index (χ1) is 9.47. The molecule has 104 valence electrons. The number of nitrogens with zero attached hydrogens (tertiary/aromatic N) is 1. The van der Waals surface area contributed by atoms with Gasteiger partial charge >= 0.3 is 5.97 Å². The molecule has 0 amide bonds. The quantitative estimate of drug-likeness (QED) is 0.862. The number of carboxylic acids is 1. The molecule has 1 aromatic heterocycles. The van der Waals surface area contributed by atoms with Crippen molar-refractivity contribution in [2.75, 3.05) is 0 Å². The van der Waals surface area contributed by atoms with Crippen molar-refractivity contribution < 1.29 is 14.6 Å². The number of hydrogen-bond acceptors (Lipinski definition) is 3. The van der Waals surface area contributed by atoms with Gasteiger partial charge in [-0.05, 0) is 26.0 Å². The van der Waals surface area contributed by atoms with E-state index in [9.17, 15) is 9.90 Å². The summed E-state index contributed by atoms with van der Waals surface area (Å²) >= 11 is 3.40. The number of halogens is 1. The number of fused-ring (bicyclic) bond motifs is 2. The average molecular weight is 336 g/mol. The van der Waals surface area contributed by atoms with Gasteiger partial charge in [0, 0.05) is 21.8 Å². The van der Waals surface area contributed by atoms with Gasteiger partial charge in [0.25, 0.3) is 0 Å². The fourth-order valence-corrected chi connectivity index (χ4v) is 3.21. The van der Waals surface area contributed by atoms with Gasteiger partial charge in [-0.15, -0.1) is 0 Å². The number of aromatic nitrogens is 1. The summed E-state index contributed by atoms with van der Waals surface area (Å²) in [5.41, 5.74) is 2.57. The third-order valence-electron chi connectivity index (χ3n) is 3.60. The van der Waals surface area contributed by atoms with Gasteiger partial charge in [-0.25, -0.2) is 4.79 Å². The Hall–Kier alpha value is -1.46. The van der Waals surface area contributed by atoms with E-state index in [-0.39, 0.29) is 12.2 Å². The fraction of sp³-hybridized carbons (Fsp3) is 0.333. The zero-order chi connectivity index (χ0) is 14.4. The SMILES string of the molecule is CC1Cc2nc3cc(Br)ccc3c(C(=O)O)c2C(C)O1. The van der Waals surface area contributed by atoms with Crippen molar-refractivity contribution in [2.24, 2.45) is 0 Å². The van der Waals surface area contributed by atoms with Crippen LogP contribution in [0.4, 0.5) is 0 Å². The van der Waals surface area contributed by atoms with Gasteiger partial charge in [0.2, 0.25) is 0 Å². The second-order valence-corrected chi connectivity index (χ2v) is 6.02. The normalized spacial score (nSPS) is 21.8. The monoisotopic (exact) mass is 335 g/mol. The largest absolute Gasteiger partial charge is 0.478 e. The Kier molecular flexibility index (Phi) is 3.26. The molecule has 5 heteroatoms. The van der Waals surface area contributed by atoms with Crippen LogP contribution in [0, 0.1) is 0 Å². The highest BCUT2D eigenvalue weighted by Crippen LogP contribution is 2.35. The molecule has 0 spiro atoms. The minimum absolute atomic E-state index is 0.0521. The molecule has 0 radical (unpaired) electrons. The van der Waals surface area contributed by atoms with Crippen molar-refractivity contribution in [1.82, 2.24) is 4.98 Å². The van der Waals surface area contributed by atoms with Gasteiger partial charge in [0.1, 0.15) is 0 Å². The maximum absolute atomic E-state index is 11.7. The summed E-state index contributed by atoms with van der Waals surface area (Å²) in [4.78, 5) is 16.4. The maximum atomic E-state index is 11.7. The van der Waals surface area contributed by atoms with Crippen LogP contribution in [0.15, 0.2) is 22.7 Å². The molecule has 3 rings (SSSR count). The third-order valence-corrected chi connectivity index (χ3v) is 4.10. The van der Waals surface area contributed by atoms with Crippen LogP contribution in [0.1, 0.15) is 41.6 Å². The first-order valence-corrected chi connectivity index (χ1v) is 7.27. The highest BCUT2D eigenvalue weighted by molar-refractivity contribution is 9.10. The fourth-order valence-electron chi connectivity index (χ4n) is 2.86. The maximum Gasteiger partial charge on any atom is 0.336 e. The standard InChI is InChI=1S/C15H14BrNO3/c1-7-5-12-13(8(2)20-7)14(15(18)19)10-4-3-9(16)6-11(10)17-12/h3-4,6-8H,5H2,1-2H3,(H,18,19). The summed E-state index contributed by atoms with van der Waals surface area (Å²) in [5.74, 6) is -0.930. The molecule has 0 saturated heterocycles. The van der Waals surface area contributed by atoms with E-state index in [1.807, 2.05) is 26.0 Å². The Morgan fingerprint density at radius 2 is 2.20 bits per heavy atom. The molecule has 20 heavy (non-hydrogen) atoms. The van der Waals surface area contributed by atoms with Crippen molar-refractivity contribution in [3.63, 3.8) is 0 Å². The second kappa shape index (κ2) is 4.82. The molecular formula is C15H14BrNO3. The summed E-state index contributed by atoms with van der Waals surface area (Å²) in [5, 5.41) is 10.3. The molecule has 0 aliphatic carbocycles. The van der Waals surface area contributed by atoms with Crippen LogP contribution >= 0.6 is 15.9 Å². The number of carboxylic acid groups (broad SMARTS) is 1. The third kappa shape index (κ3) is 2.11. The van der Waals surface area contributed by atoms with E-state index in [0.717, 1.165) is 10.2 Å². The predicted molar refractivity (Wildman–Crippen MR) is 79.1 cm³/mol. The number of rotatable bonds is 1. The van der Waals surface area contributed by atoms with Crippen molar-refractivity contribution in [3.05, 3.63) is 39.5 Å². The molecule has 1 aliphatic rings. The lowest BCUT2D eigenvalue weighted by molar-refractivity contribution is -0.00661. The summed E-state index contributed by atoms with van der Waals surface area (Å²) in [6.07, 6.45) is 0.444. The Morgan fingerprint density at radius 3 is 2.90 bits per heavy atom. The molecule has 0 saturated carbocycles. The Balaban J connectivity index is 2.39. The van der Waals surface area contributed by atoms with Crippen LogP contribution in [0.2, 0.25) is 0 Å². The Bertz CT molecular complexity index is 714. The molecule has 4 nitrogen and oxygen atoms in total. The molecule has 2 aromatic rings. The van der Waals surface area contributed by atoms with E-state index in [1.165, 1.54) is 0 Å². The molecular weight excluding hydrogens is 322 g/mol. The minimum atomic E-state index is -0.930. The second-order valence-electron chi connectivity index (χ2n) is 5.11. The van der Waals surface area contributed by atoms with Crippen LogP contribution in [-0.4, -0.2) is 22.2 Å². The van der Waals surface area contributed by atoms with Crippen LogP contribution in [0.5, 0.6) is 0 Å². The van der Waals surface area contributed by atoms with E-state index in [0.29, 0.717) is 28.5 Å². The van der Waals surface area contributed by atoms with Gasteiger partial charge < -0.3 is 9.84 Å². The number of hydrogen-bond donors (Lipinski definition) is 1. The van der Waals surface area contributed by atoms with Crippen molar-refractivity contribution >= 4 is 32.8 Å². The van der Waals surface area contributed by atoms with E-state index in [4.69, 9.17) is 4.74 Å². The molecule has 2 heterocycles. The Labute approximate surface area is 124 Å². The molecule has 1 aromatic carbocycles. The minimum Gasteiger partial charge on any atom is -0.478 e. The lowest BCUT2D eigenvalue weighted by Crippen LogP contribution is -2.26. The Morgan fingerprint density at radius 1 is 1.45 bits per heavy atom. The van der Waals surface area contributed by atoms with Crippen molar-refractivity contribution in [1.29, 1.82) is 0 Å². The van der Waals surface area contributed by atoms with Crippen LogP contribution in [0.25, 0.3) is 10.9 Å². The zero-order valence-corrected chi connectivity index (χ0v) is 12.8. The zero-order valence-electron chi connectivity index (χ0n) is 11.2. The molecule has 1 aliphatic heterocycles. The average Bonchev–Trinajstić information content (AvgIpc) is 2.35. The topological polar surface area (TPSA) is 59.4 Å². The lowest BCUT2D eigenvalue weighted by atomic mass is 9.92. The highest BCUT2D eigenvalue weighted by Gasteiger charge is 2.30. The molecule has 0 fully saturated rings. The summed E-state index contributed by atoms with van der Waals surface area (Å²) in [6, 6.07) is 5.48.